The smallest absolute Gasteiger partial charge is 0.0552 e. The molecule has 2 N–H and O–H groups in total. The molecule has 1 aromatic carbocycles. The second-order valence-corrected chi connectivity index (χ2v) is 3.88. The first-order valence-electron chi connectivity index (χ1n) is 4.44. The quantitative estimate of drug-likeness (QED) is 0.809. The molecular formula is C10H12N2S. The molecule has 0 aliphatic carbocycles. The molecule has 0 spiro atoms. The number of aryl methyl sites for hydroxylation is 1. The van der Waals surface area contributed by atoms with Gasteiger partial charge in [-0.15, -0.1) is 0 Å². The zero-order chi connectivity index (χ0) is 9.10. The Kier molecular flexibility index (Phi) is 2.57. The molecule has 2 aromatic rings. The summed E-state index contributed by atoms with van der Waals surface area (Å²) >= 11 is 1.55. The minimum Gasteiger partial charge on any atom is -0.330 e. The number of hydrogen-bond donors (Lipinski definition) is 1. The molecule has 0 aliphatic heterocycles. The predicted octanol–water partition coefficient (Wildman–Crippen LogP) is 2.19. The van der Waals surface area contributed by atoms with E-state index in [0.717, 1.165) is 19.4 Å². The topological polar surface area (TPSA) is 38.9 Å². The summed E-state index contributed by atoms with van der Waals surface area (Å²) in [5.74, 6) is 0. The summed E-state index contributed by atoms with van der Waals surface area (Å²) in [6, 6.07) is 6.36. The molecule has 2 nitrogen and oxygen atoms in total. The summed E-state index contributed by atoms with van der Waals surface area (Å²) in [5, 5.41) is 1.29. The molecule has 1 aromatic heterocycles. The lowest BCUT2D eigenvalue weighted by molar-refractivity contribution is 0.837. The molecule has 0 saturated heterocycles. The van der Waals surface area contributed by atoms with Crippen molar-refractivity contribution in [1.29, 1.82) is 0 Å². The van der Waals surface area contributed by atoms with E-state index in [1.54, 1.807) is 11.5 Å². The summed E-state index contributed by atoms with van der Waals surface area (Å²) in [4.78, 5) is 0. The highest BCUT2D eigenvalue weighted by molar-refractivity contribution is 7.13. The van der Waals surface area contributed by atoms with Crippen LogP contribution in [0.25, 0.3) is 10.1 Å². The van der Waals surface area contributed by atoms with E-state index in [1.165, 1.54) is 15.6 Å². The van der Waals surface area contributed by atoms with Crippen LogP contribution in [0.5, 0.6) is 0 Å². The van der Waals surface area contributed by atoms with E-state index < -0.39 is 0 Å². The number of benzene rings is 1. The van der Waals surface area contributed by atoms with Crippen molar-refractivity contribution in [3.05, 3.63) is 30.0 Å². The van der Waals surface area contributed by atoms with Crippen molar-refractivity contribution < 1.29 is 0 Å². The molecule has 0 unspecified atom stereocenters. The minimum absolute atomic E-state index is 0.758. The summed E-state index contributed by atoms with van der Waals surface area (Å²) in [6.45, 7) is 0.758. The monoisotopic (exact) mass is 192 g/mol. The zero-order valence-corrected chi connectivity index (χ0v) is 8.18. The maximum Gasteiger partial charge on any atom is 0.0552 e. The average molecular weight is 192 g/mol. The Morgan fingerprint density at radius 2 is 2.31 bits per heavy atom. The lowest BCUT2D eigenvalue weighted by atomic mass is 10.1. The van der Waals surface area contributed by atoms with Gasteiger partial charge in [-0.2, -0.15) is 4.37 Å². The van der Waals surface area contributed by atoms with Crippen molar-refractivity contribution in [3.8, 4) is 0 Å². The third-order valence-electron chi connectivity index (χ3n) is 2.14. The number of hydrogen-bond acceptors (Lipinski definition) is 3. The molecule has 68 valence electrons. The van der Waals surface area contributed by atoms with Gasteiger partial charge in [0.15, 0.2) is 0 Å². The van der Waals surface area contributed by atoms with E-state index in [2.05, 4.69) is 22.6 Å². The Labute approximate surface area is 81.5 Å². The van der Waals surface area contributed by atoms with Gasteiger partial charge in [0.25, 0.3) is 0 Å². The van der Waals surface area contributed by atoms with Crippen molar-refractivity contribution in [2.24, 2.45) is 5.73 Å². The van der Waals surface area contributed by atoms with Crippen LogP contribution in [0.15, 0.2) is 24.4 Å². The van der Waals surface area contributed by atoms with E-state index in [9.17, 15) is 0 Å². The Hall–Kier alpha value is -0.930. The molecule has 0 saturated carbocycles. The van der Waals surface area contributed by atoms with Crippen LogP contribution in [0.1, 0.15) is 12.0 Å². The summed E-state index contributed by atoms with van der Waals surface area (Å²) < 4.78 is 5.45. The first-order chi connectivity index (χ1) is 6.42. The standard InChI is InChI=1S/C10H12N2S/c11-6-2-4-8-3-1-5-10-9(8)7-12-13-10/h1,3,5,7H,2,4,6,11H2. The third-order valence-corrected chi connectivity index (χ3v) is 2.90. The lowest BCUT2D eigenvalue weighted by Gasteiger charge is -2.00. The van der Waals surface area contributed by atoms with Gasteiger partial charge in [0.1, 0.15) is 0 Å². The SMILES string of the molecule is NCCCc1cccc2sncc12. The van der Waals surface area contributed by atoms with Gasteiger partial charge in [-0.3, -0.25) is 0 Å². The molecule has 2 rings (SSSR count). The van der Waals surface area contributed by atoms with Crippen molar-refractivity contribution in [2.75, 3.05) is 6.54 Å². The van der Waals surface area contributed by atoms with Crippen LogP contribution in [0, 0.1) is 0 Å². The molecule has 0 atom stereocenters. The van der Waals surface area contributed by atoms with E-state index in [0.29, 0.717) is 0 Å². The normalized spacial score (nSPS) is 10.8. The van der Waals surface area contributed by atoms with E-state index in [-0.39, 0.29) is 0 Å². The van der Waals surface area contributed by atoms with E-state index in [1.807, 2.05) is 6.20 Å². The first-order valence-corrected chi connectivity index (χ1v) is 5.21. The highest BCUT2D eigenvalue weighted by Crippen LogP contribution is 2.22. The molecular weight excluding hydrogens is 180 g/mol. The molecule has 1 heterocycles. The zero-order valence-electron chi connectivity index (χ0n) is 7.36. The molecule has 3 heteroatoms. The molecule has 0 amide bonds. The Morgan fingerprint density at radius 1 is 1.38 bits per heavy atom. The second kappa shape index (κ2) is 3.85. The highest BCUT2D eigenvalue weighted by Gasteiger charge is 2.01. The molecule has 0 bridgehead atoms. The van der Waals surface area contributed by atoms with Crippen LogP contribution < -0.4 is 5.73 Å². The summed E-state index contributed by atoms with van der Waals surface area (Å²) in [6.07, 6.45) is 4.06. The minimum atomic E-state index is 0.758. The Bertz CT molecular complexity index is 394. The Balaban J connectivity index is 2.37. The predicted molar refractivity (Wildman–Crippen MR) is 57.0 cm³/mol. The van der Waals surface area contributed by atoms with Gasteiger partial charge < -0.3 is 5.73 Å². The number of rotatable bonds is 3. The number of fused-ring (bicyclic) bond motifs is 1. The maximum absolute atomic E-state index is 5.48. The largest absolute Gasteiger partial charge is 0.330 e. The highest BCUT2D eigenvalue weighted by atomic mass is 32.1. The number of nitrogens with two attached hydrogens (primary N) is 1. The maximum atomic E-state index is 5.48. The molecule has 0 fully saturated rings. The fourth-order valence-corrected chi connectivity index (χ4v) is 2.16. The van der Waals surface area contributed by atoms with Crippen LogP contribution in [-0.4, -0.2) is 10.9 Å². The van der Waals surface area contributed by atoms with Crippen molar-refractivity contribution >= 4 is 21.6 Å². The van der Waals surface area contributed by atoms with Gasteiger partial charge in [-0.25, -0.2) is 0 Å². The van der Waals surface area contributed by atoms with Gasteiger partial charge in [-0.1, -0.05) is 12.1 Å². The lowest BCUT2D eigenvalue weighted by Crippen LogP contribution is -2.00. The average Bonchev–Trinajstić information content (AvgIpc) is 2.62. The van der Waals surface area contributed by atoms with Crippen molar-refractivity contribution in [1.82, 2.24) is 4.37 Å². The van der Waals surface area contributed by atoms with Crippen molar-refractivity contribution in [3.63, 3.8) is 0 Å². The summed E-state index contributed by atoms with van der Waals surface area (Å²) in [7, 11) is 0. The second-order valence-electron chi connectivity index (χ2n) is 3.05. The molecule has 0 radical (unpaired) electrons. The van der Waals surface area contributed by atoms with Crippen LogP contribution >= 0.6 is 11.5 Å². The fraction of sp³-hybridized carbons (Fsp3) is 0.300. The van der Waals surface area contributed by atoms with Gasteiger partial charge in [0.05, 0.1) is 4.70 Å². The van der Waals surface area contributed by atoms with Gasteiger partial charge in [-0.05, 0) is 42.5 Å². The summed E-state index contributed by atoms with van der Waals surface area (Å²) in [5.41, 5.74) is 6.85. The number of aromatic nitrogens is 1. The van der Waals surface area contributed by atoms with Crippen molar-refractivity contribution in [2.45, 2.75) is 12.8 Å². The van der Waals surface area contributed by atoms with Gasteiger partial charge in [0.2, 0.25) is 0 Å². The van der Waals surface area contributed by atoms with Crippen LogP contribution in [0.4, 0.5) is 0 Å². The molecule has 13 heavy (non-hydrogen) atoms. The van der Waals surface area contributed by atoms with E-state index >= 15 is 0 Å². The van der Waals surface area contributed by atoms with E-state index in [4.69, 9.17) is 5.73 Å². The Morgan fingerprint density at radius 3 is 3.15 bits per heavy atom. The number of nitrogens with zero attached hydrogens (tertiary/aromatic N) is 1. The van der Waals surface area contributed by atoms with Gasteiger partial charge >= 0.3 is 0 Å². The third kappa shape index (κ3) is 1.71. The fourth-order valence-electron chi connectivity index (χ4n) is 1.46. The first kappa shape index (κ1) is 8.66. The molecule has 0 aliphatic rings. The van der Waals surface area contributed by atoms with Crippen LogP contribution in [-0.2, 0) is 6.42 Å². The van der Waals surface area contributed by atoms with Crippen LogP contribution in [0.3, 0.4) is 0 Å². The van der Waals surface area contributed by atoms with Gasteiger partial charge in [0, 0.05) is 11.6 Å². The van der Waals surface area contributed by atoms with Crippen LogP contribution in [0.2, 0.25) is 0 Å².